The number of aromatic nitrogens is 1. The second-order valence-electron chi connectivity index (χ2n) is 6.73. The van der Waals surface area contributed by atoms with E-state index >= 15 is 0 Å². The Hall–Kier alpha value is -2.56. The zero-order valence-corrected chi connectivity index (χ0v) is 15.3. The van der Waals surface area contributed by atoms with Gasteiger partial charge in [-0.15, -0.1) is 0 Å². The third kappa shape index (κ3) is 3.52. The smallest absolute Gasteiger partial charge is 0.138 e. The van der Waals surface area contributed by atoms with Crippen molar-refractivity contribution in [2.45, 2.75) is 19.7 Å². The Labute approximate surface area is 154 Å². The lowest BCUT2D eigenvalue weighted by Gasteiger charge is -2.22. The summed E-state index contributed by atoms with van der Waals surface area (Å²) in [5.41, 5.74) is 4.91. The zero-order valence-electron chi connectivity index (χ0n) is 15.3. The summed E-state index contributed by atoms with van der Waals surface area (Å²) in [5.74, 6) is 0.865. The molecule has 4 rings (SSSR count). The van der Waals surface area contributed by atoms with Crippen LogP contribution in [0.1, 0.15) is 22.9 Å². The highest BCUT2D eigenvalue weighted by molar-refractivity contribution is 5.39. The molecule has 4 nitrogen and oxygen atoms in total. The van der Waals surface area contributed by atoms with Crippen LogP contribution in [0.15, 0.2) is 67.0 Å². The second-order valence-corrected chi connectivity index (χ2v) is 6.73. The molecule has 0 saturated carbocycles. The van der Waals surface area contributed by atoms with Gasteiger partial charge in [0.05, 0.1) is 13.7 Å². The van der Waals surface area contributed by atoms with Crippen LogP contribution in [-0.2, 0) is 11.3 Å². The third-order valence-corrected chi connectivity index (χ3v) is 4.86. The zero-order chi connectivity index (χ0) is 17.9. The monoisotopic (exact) mass is 348 g/mol. The lowest BCUT2D eigenvalue weighted by atomic mass is 10.1. The van der Waals surface area contributed by atoms with Crippen molar-refractivity contribution in [1.82, 2.24) is 9.47 Å². The van der Waals surface area contributed by atoms with Crippen LogP contribution in [0.2, 0.25) is 0 Å². The van der Waals surface area contributed by atoms with Crippen molar-refractivity contribution >= 4 is 0 Å². The van der Waals surface area contributed by atoms with Gasteiger partial charge in [-0.05, 0) is 42.8 Å². The first-order valence-corrected chi connectivity index (χ1v) is 8.96. The van der Waals surface area contributed by atoms with Crippen molar-refractivity contribution in [2.75, 3.05) is 20.3 Å². The Kier molecular flexibility index (Phi) is 4.78. The van der Waals surface area contributed by atoms with Gasteiger partial charge in [0.15, 0.2) is 0 Å². The van der Waals surface area contributed by atoms with Crippen LogP contribution < -0.4 is 4.74 Å². The number of methoxy groups -OCH3 is 1. The van der Waals surface area contributed by atoms with Crippen LogP contribution in [0, 0.1) is 6.92 Å². The van der Waals surface area contributed by atoms with Crippen molar-refractivity contribution in [2.24, 2.45) is 0 Å². The van der Waals surface area contributed by atoms with Gasteiger partial charge in [-0.25, -0.2) is 0 Å². The molecule has 4 heteroatoms. The fourth-order valence-electron chi connectivity index (χ4n) is 3.38. The summed E-state index contributed by atoms with van der Waals surface area (Å²) in [6, 6.07) is 19.0. The molecule has 0 radical (unpaired) electrons. The second kappa shape index (κ2) is 7.36. The number of benzene rings is 2. The predicted molar refractivity (Wildman–Crippen MR) is 103 cm³/mol. The molecule has 1 atom stereocenters. The molecule has 2 aromatic carbocycles. The van der Waals surface area contributed by atoms with Crippen LogP contribution in [0.4, 0.5) is 0 Å². The van der Waals surface area contributed by atoms with Crippen LogP contribution >= 0.6 is 0 Å². The first-order valence-electron chi connectivity index (χ1n) is 8.96. The molecule has 0 spiro atoms. The number of hydrogen-bond acceptors (Lipinski definition) is 3. The number of nitrogens with zero attached hydrogens (tertiary/aromatic N) is 2. The summed E-state index contributed by atoms with van der Waals surface area (Å²) in [6.45, 7) is 4.74. The van der Waals surface area contributed by atoms with E-state index < -0.39 is 0 Å². The minimum Gasteiger partial charge on any atom is -0.497 e. The quantitative estimate of drug-likeness (QED) is 0.687. The van der Waals surface area contributed by atoms with E-state index in [-0.39, 0.29) is 6.23 Å². The summed E-state index contributed by atoms with van der Waals surface area (Å²) < 4.78 is 13.4. The Morgan fingerprint density at radius 2 is 1.81 bits per heavy atom. The molecule has 1 saturated heterocycles. The highest BCUT2D eigenvalue weighted by atomic mass is 16.5. The molecule has 0 bridgehead atoms. The number of hydrogen-bond donors (Lipinski definition) is 0. The van der Waals surface area contributed by atoms with E-state index in [9.17, 15) is 0 Å². The molecule has 2 heterocycles. The average Bonchev–Trinajstić information content (AvgIpc) is 3.33. The molecule has 1 aliphatic rings. The number of aryl methyl sites for hydroxylation is 1. The van der Waals surface area contributed by atoms with Gasteiger partial charge >= 0.3 is 0 Å². The summed E-state index contributed by atoms with van der Waals surface area (Å²) in [4.78, 5) is 2.39. The van der Waals surface area contributed by atoms with Gasteiger partial charge in [0.1, 0.15) is 12.0 Å². The first kappa shape index (κ1) is 16.9. The lowest BCUT2D eigenvalue weighted by Crippen LogP contribution is -2.23. The topological polar surface area (TPSA) is 26.6 Å². The first-order chi connectivity index (χ1) is 12.7. The third-order valence-electron chi connectivity index (χ3n) is 4.86. The highest BCUT2D eigenvalue weighted by Crippen LogP contribution is 2.29. The van der Waals surface area contributed by atoms with E-state index in [2.05, 4.69) is 71.2 Å². The van der Waals surface area contributed by atoms with Gasteiger partial charge in [0.2, 0.25) is 0 Å². The van der Waals surface area contributed by atoms with Crippen LogP contribution in [-0.4, -0.2) is 29.7 Å². The summed E-state index contributed by atoms with van der Waals surface area (Å²) >= 11 is 0. The fourth-order valence-corrected chi connectivity index (χ4v) is 3.38. The standard InChI is InChI=1S/C22H24N2O2/c1-17-3-5-18(6-4-17)15-24-13-14-26-22(24)19-11-12-23(16-19)20-7-9-21(25-2)10-8-20/h3-12,16,22H,13-15H2,1-2H3. The molecule has 0 amide bonds. The van der Waals surface area contributed by atoms with Gasteiger partial charge in [0.25, 0.3) is 0 Å². The summed E-state index contributed by atoms with van der Waals surface area (Å²) in [6.07, 6.45) is 4.25. The Balaban J connectivity index is 1.51. The van der Waals surface area contributed by atoms with Crippen molar-refractivity contribution in [3.8, 4) is 11.4 Å². The van der Waals surface area contributed by atoms with E-state index in [1.807, 2.05) is 12.1 Å². The van der Waals surface area contributed by atoms with Crippen molar-refractivity contribution in [1.29, 1.82) is 0 Å². The molecule has 0 N–H and O–H groups in total. The predicted octanol–water partition coefficient (Wildman–Crippen LogP) is 4.33. The van der Waals surface area contributed by atoms with Gasteiger partial charge in [-0.3, -0.25) is 4.90 Å². The highest BCUT2D eigenvalue weighted by Gasteiger charge is 2.27. The molecular weight excluding hydrogens is 324 g/mol. The van der Waals surface area contributed by atoms with Gasteiger partial charge in [-0.2, -0.15) is 0 Å². The van der Waals surface area contributed by atoms with Gasteiger partial charge < -0.3 is 14.0 Å². The van der Waals surface area contributed by atoms with E-state index in [0.29, 0.717) is 0 Å². The molecule has 134 valence electrons. The fraction of sp³-hybridized carbons (Fsp3) is 0.273. The van der Waals surface area contributed by atoms with E-state index in [1.54, 1.807) is 7.11 Å². The summed E-state index contributed by atoms with van der Waals surface area (Å²) in [5, 5.41) is 0. The molecule has 1 unspecified atom stereocenters. The molecule has 1 aliphatic heterocycles. The Morgan fingerprint density at radius 3 is 2.54 bits per heavy atom. The van der Waals surface area contributed by atoms with Crippen LogP contribution in [0.5, 0.6) is 5.75 Å². The van der Waals surface area contributed by atoms with E-state index in [4.69, 9.17) is 9.47 Å². The molecule has 0 aliphatic carbocycles. The number of rotatable bonds is 5. The Bertz CT molecular complexity index is 853. The molecule has 1 aromatic heterocycles. The average molecular weight is 348 g/mol. The van der Waals surface area contributed by atoms with Crippen LogP contribution in [0.25, 0.3) is 5.69 Å². The van der Waals surface area contributed by atoms with Crippen molar-refractivity contribution in [3.63, 3.8) is 0 Å². The molecule has 3 aromatic rings. The van der Waals surface area contributed by atoms with Crippen molar-refractivity contribution in [3.05, 3.63) is 83.7 Å². The maximum absolute atomic E-state index is 6.03. The number of ether oxygens (including phenoxy) is 2. The molecular formula is C22H24N2O2. The molecule has 1 fully saturated rings. The lowest BCUT2D eigenvalue weighted by molar-refractivity contribution is 0.0288. The Morgan fingerprint density at radius 1 is 1.04 bits per heavy atom. The minimum absolute atomic E-state index is 0.0100. The maximum Gasteiger partial charge on any atom is 0.138 e. The largest absolute Gasteiger partial charge is 0.497 e. The van der Waals surface area contributed by atoms with E-state index in [0.717, 1.165) is 31.1 Å². The normalized spacial score (nSPS) is 17.5. The SMILES string of the molecule is COc1ccc(-n2ccc(C3OCCN3Cc3ccc(C)cc3)c2)cc1. The maximum atomic E-state index is 6.03. The summed E-state index contributed by atoms with van der Waals surface area (Å²) in [7, 11) is 1.68. The van der Waals surface area contributed by atoms with Crippen molar-refractivity contribution < 1.29 is 9.47 Å². The molecule has 26 heavy (non-hydrogen) atoms. The minimum atomic E-state index is 0.0100. The van der Waals surface area contributed by atoms with Gasteiger partial charge in [-0.1, -0.05) is 29.8 Å². The van der Waals surface area contributed by atoms with Crippen LogP contribution in [0.3, 0.4) is 0 Å². The van der Waals surface area contributed by atoms with E-state index in [1.165, 1.54) is 16.7 Å². The van der Waals surface area contributed by atoms with Gasteiger partial charge in [0, 0.05) is 36.7 Å².